The second-order valence-corrected chi connectivity index (χ2v) is 5.35. The second kappa shape index (κ2) is 5.72. The molecule has 3 heteroatoms. The zero-order chi connectivity index (χ0) is 13.1. The minimum atomic E-state index is 0.149. The Morgan fingerprint density at radius 1 is 1.33 bits per heavy atom. The smallest absolute Gasteiger partial charge is 0.0415 e. The van der Waals surface area contributed by atoms with Crippen molar-refractivity contribution in [1.29, 1.82) is 0 Å². The van der Waals surface area contributed by atoms with E-state index in [4.69, 9.17) is 5.73 Å². The van der Waals surface area contributed by atoms with Gasteiger partial charge in [-0.2, -0.15) is 0 Å². The van der Waals surface area contributed by atoms with Gasteiger partial charge in [-0.15, -0.1) is 0 Å². The van der Waals surface area contributed by atoms with Gasteiger partial charge in [-0.05, 0) is 32.0 Å². The Labute approximate surface area is 111 Å². The van der Waals surface area contributed by atoms with Crippen molar-refractivity contribution >= 4 is 5.69 Å². The molecule has 1 saturated heterocycles. The fourth-order valence-corrected chi connectivity index (χ4v) is 2.58. The van der Waals surface area contributed by atoms with E-state index in [1.807, 2.05) is 0 Å². The molecule has 0 saturated carbocycles. The third-order valence-corrected chi connectivity index (χ3v) is 4.08. The molecule has 1 aromatic carbocycles. The summed E-state index contributed by atoms with van der Waals surface area (Å²) in [5.74, 6) is 0. The number of rotatable bonds is 3. The Morgan fingerprint density at radius 3 is 2.72 bits per heavy atom. The van der Waals surface area contributed by atoms with Crippen molar-refractivity contribution in [1.82, 2.24) is 4.90 Å². The average molecular weight is 247 g/mol. The number of hydrogen-bond donors (Lipinski definition) is 1. The zero-order valence-corrected chi connectivity index (χ0v) is 11.8. The minimum absolute atomic E-state index is 0.149. The quantitative estimate of drug-likeness (QED) is 0.889. The Kier molecular flexibility index (Phi) is 4.25. The van der Waals surface area contributed by atoms with Crippen molar-refractivity contribution in [2.45, 2.75) is 32.4 Å². The number of likely N-dealkylation sites (N-methyl/N-ethyl adjacent to an activating group) is 1. The molecule has 18 heavy (non-hydrogen) atoms. The maximum atomic E-state index is 6.23. The third kappa shape index (κ3) is 2.68. The van der Waals surface area contributed by atoms with E-state index in [1.54, 1.807) is 0 Å². The van der Waals surface area contributed by atoms with E-state index in [9.17, 15) is 0 Å². The molecule has 0 bridgehead atoms. The fraction of sp³-hybridized carbons (Fsp3) is 0.600. The summed E-state index contributed by atoms with van der Waals surface area (Å²) in [5, 5.41) is 0. The van der Waals surface area contributed by atoms with Gasteiger partial charge in [-0.3, -0.25) is 0 Å². The topological polar surface area (TPSA) is 32.5 Å². The van der Waals surface area contributed by atoms with Crippen LogP contribution in [0.2, 0.25) is 0 Å². The molecule has 2 N–H and O–H groups in total. The van der Waals surface area contributed by atoms with Crippen LogP contribution in [0.15, 0.2) is 24.3 Å². The molecule has 1 heterocycles. The molecule has 1 aliphatic heterocycles. The summed E-state index contributed by atoms with van der Waals surface area (Å²) < 4.78 is 0. The summed E-state index contributed by atoms with van der Waals surface area (Å²) in [7, 11) is 2.20. The maximum Gasteiger partial charge on any atom is 0.0415 e. The van der Waals surface area contributed by atoms with Gasteiger partial charge in [-0.25, -0.2) is 0 Å². The van der Waals surface area contributed by atoms with Gasteiger partial charge in [0, 0.05) is 37.4 Å². The molecule has 3 nitrogen and oxygen atoms in total. The summed E-state index contributed by atoms with van der Waals surface area (Å²) in [4.78, 5) is 4.90. The first-order valence-corrected chi connectivity index (χ1v) is 6.93. The van der Waals surface area contributed by atoms with Crippen molar-refractivity contribution in [2.24, 2.45) is 5.73 Å². The number of piperazine rings is 1. The number of anilines is 1. The number of nitrogens with two attached hydrogens (primary N) is 1. The van der Waals surface area contributed by atoms with Crippen LogP contribution in [0.25, 0.3) is 0 Å². The molecule has 0 spiro atoms. The normalized spacial score (nSPS) is 23.1. The van der Waals surface area contributed by atoms with Crippen LogP contribution in [0.1, 0.15) is 31.9 Å². The van der Waals surface area contributed by atoms with Crippen molar-refractivity contribution in [3.8, 4) is 0 Å². The van der Waals surface area contributed by atoms with Crippen LogP contribution in [0.4, 0.5) is 5.69 Å². The first-order chi connectivity index (χ1) is 8.63. The van der Waals surface area contributed by atoms with Crippen molar-refractivity contribution in [2.75, 3.05) is 31.6 Å². The number of hydrogen-bond acceptors (Lipinski definition) is 3. The lowest BCUT2D eigenvalue weighted by atomic mass is 10.0. The molecule has 0 aromatic heterocycles. The highest BCUT2D eigenvalue weighted by Crippen LogP contribution is 2.28. The number of nitrogens with zero attached hydrogens (tertiary/aromatic N) is 2. The molecular formula is C15H25N3. The van der Waals surface area contributed by atoms with Crippen molar-refractivity contribution < 1.29 is 0 Å². The first-order valence-electron chi connectivity index (χ1n) is 6.93. The Morgan fingerprint density at radius 2 is 2.06 bits per heavy atom. The van der Waals surface area contributed by atoms with Gasteiger partial charge in [0.25, 0.3) is 0 Å². The van der Waals surface area contributed by atoms with Crippen LogP contribution in [0.5, 0.6) is 0 Å². The van der Waals surface area contributed by atoms with Gasteiger partial charge in [0.15, 0.2) is 0 Å². The van der Waals surface area contributed by atoms with Crippen molar-refractivity contribution in [3.05, 3.63) is 29.8 Å². The number of para-hydroxylation sites is 1. The molecule has 2 atom stereocenters. The van der Waals surface area contributed by atoms with E-state index in [2.05, 4.69) is 55.0 Å². The van der Waals surface area contributed by atoms with Crippen LogP contribution in [-0.2, 0) is 0 Å². The second-order valence-electron chi connectivity index (χ2n) is 5.35. The third-order valence-electron chi connectivity index (χ3n) is 4.08. The van der Waals surface area contributed by atoms with Gasteiger partial charge < -0.3 is 15.5 Å². The highest BCUT2D eigenvalue weighted by atomic mass is 15.3. The molecule has 0 amide bonds. The monoisotopic (exact) mass is 247 g/mol. The lowest BCUT2D eigenvalue weighted by molar-refractivity contribution is 0.234. The van der Waals surface area contributed by atoms with E-state index in [-0.39, 0.29) is 6.04 Å². The highest BCUT2D eigenvalue weighted by Gasteiger charge is 2.23. The fourth-order valence-electron chi connectivity index (χ4n) is 2.58. The lowest BCUT2D eigenvalue weighted by Gasteiger charge is -2.40. The van der Waals surface area contributed by atoms with Crippen molar-refractivity contribution in [3.63, 3.8) is 0 Å². The molecule has 1 aliphatic rings. The van der Waals surface area contributed by atoms with E-state index in [1.165, 1.54) is 11.3 Å². The standard InChI is InChI=1S/C15H25N3/c1-4-14(16)13-7-5-6-8-15(13)18-10-9-17(3)12(2)11-18/h5-8,12,14H,4,9-11,16H2,1-3H3. The molecule has 0 aliphatic carbocycles. The summed E-state index contributed by atoms with van der Waals surface area (Å²) in [6, 6.07) is 9.34. The van der Waals surface area contributed by atoms with E-state index in [0.29, 0.717) is 6.04 Å². The Hall–Kier alpha value is -1.06. The van der Waals surface area contributed by atoms with E-state index in [0.717, 1.165) is 26.1 Å². The predicted molar refractivity (Wildman–Crippen MR) is 78.0 cm³/mol. The van der Waals surface area contributed by atoms with Gasteiger partial charge >= 0.3 is 0 Å². The van der Waals surface area contributed by atoms with Crippen LogP contribution >= 0.6 is 0 Å². The Balaban J connectivity index is 2.22. The van der Waals surface area contributed by atoms with Gasteiger partial charge in [-0.1, -0.05) is 25.1 Å². The van der Waals surface area contributed by atoms with Crippen LogP contribution in [-0.4, -0.2) is 37.6 Å². The van der Waals surface area contributed by atoms with Gasteiger partial charge in [0.05, 0.1) is 0 Å². The highest BCUT2D eigenvalue weighted by molar-refractivity contribution is 5.55. The molecule has 1 aromatic rings. The van der Waals surface area contributed by atoms with Crippen LogP contribution in [0, 0.1) is 0 Å². The SMILES string of the molecule is CCC(N)c1ccccc1N1CCN(C)C(C)C1. The molecular weight excluding hydrogens is 222 g/mol. The van der Waals surface area contributed by atoms with Crippen LogP contribution < -0.4 is 10.6 Å². The molecule has 1 fully saturated rings. The molecule has 2 rings (SSSR count). The molecule has 100 valence electrons. The zero-order valence-electron chi connectivity index (χ0n) is 11.8. The Bertz CT molecular complexity index is 391. The summed E-state index contributed by atoms with van der Waals surface area (Å²) in [6.45, 7) is 7.73. The summed E-state index contributed by atoms with van der Waals surface area (Å²) in [6.07, 6.45) is 0.986. The minimum Gasteiger partial charge on any atom is -0.368 e. The predicted octanol–water partition coefficient (Wildman–Crippen LogP) is 2.24. The van der Waals surface area contributed by atoms with Gasteiger partial charge in [0.1, 0.15) is 0 Å². The van der Waals surface area contributed by atoms with E-state index < -0.39 is 0 Å². The maximum absolute atomic E-state index is 6.23. The number of benzene rings is 1. The molecule has 0 radical (unpaired) electrons. The average Bonchev–Trinajstić information content (AvgIpc) is 2.41. The summed E-state index contributed by atoms with van der Waals surface area (Å²) in [5.41, 5.74) is 8.84. The summed E-state index contributed by atoms with van der Waals surface area (Å²) >= 11 is 0. The van der Waals surface area contributed by atoms with Crippen LogP contribution in [0.3, 0.4) is 0 Å². The lowest BCUT2D eigenvalue weighted by Crippen LogP contribution is -2.50. The first kappa shape index (κ1) is 13.4. The van der Waals surface area contributed by atoms with E-state index >= 15 is 0 Å². The van der Waals surface area contributed by atoms with Gasteiger partial charge in [0.2, 0.25) is 0 Å². The molecule has 2 unspecified atom stereocenters. The largest absolute Gasteiger partial charge is 0.368 e.